The van der Waals surface area contributed by atoms with Gasteiger partial charge in [-0.25, -0.2) is 0 Å². The fourth-order valence-electron chi connectivity index (χ4n) is 2.60. The third-order valence-corrected chi connectivity index (χ3v) is 3.47. The third-order valence-electron chi connectivity index (χ3n) is 3.47. The van der Waals surface area contributed by atoms with Crippen LogP contribution in [-0.4, -0.2) is 37.6 Å². The third kappa shape index (κ3) is 6.65. The zero-order valence-electron chi connectivity index (χ0n) is 11.2. The highest BCUT2D eigenvalue weighted by Gasteiger charge is 2.16. The van der Waals surface area contributed by atoms with Gasteiger partial charge in [0.25, 0.3) is 0 Å². The molecule has 0 aromatic carbocycles. The van der Waals surface area contributed by atoms with E-state index in [1.54, 1.807) is 0 Å². The predicted molar refractivity (Wildman–Crippen MR) is 71.8 cm³/mol. The van der Waals surface area contributed by atoms with Crippen LogP contribution in [0.15, 0.2) is 0 Å². The number of nitrogens with zero attached hydrogens (tertiary/aromatic N) is 2. The summed E-state index contributed by atoms with van der Waals surface area (Å²) in [7, 11) is 0. The van der Waals surface area contributed by atoms with Crippen molar-refractivity contribution >= 4 is 0 Å². The van der Waals surface area contributed by atoms with Gasteiger partial charge in [0.05, 0.1) is 6.07 Å². The maximum atomic E-state index is 8.52. The standard InChI is InChI=1S/C14H27N3/c1-2-10-17(11-5-3-4-8-15)13-14-7-6-9-16-12-14/h14,16H,2-7,9-13H2,1H3. The Morgan fingerprint density at radius 1 is 1.35 bits per heavy atom. The van der Waals surface area contributed by atoms with E-state index in [4.69, 9.17) is 5.26 Å². The maximum Gasteiger partial charge on any atom is 0.0621 e. The summed E-state index contributed by atoms with van der Waals surface area (Å²) >= 11 is 0. The van der Waals surface area contributed by atoms with Gasteiger partial charge in [0, 0.05) is 13.0 Å². The Kier molecular flexibility index (Phi) is 8.04. The predicted octanol–water partition coefficient (Wildman–Crippen LogP) is 2.39. The molecule has 1 saturated heterocycles. The molecule has 3 heteroatoms. The topological polar surface area (TPSA) is 39.1 Å². The van der Waals surface area contributed by atoms with Crippen molar-refractivity contribution < 1.29 is 0 Å². The molecule has 1 aliphatic rings. The van der Waals surface area contributed by atoms with Crippen LogP contribution in [0.3, 0.4) is 0 Å². The van der Waals surface area contributed by atoms with Crippen LogP contribution < -0.4 is 5.32 Å². The van der Waals surface area contributed by atoms with Gasteiger partial charge in [-0.3, -0.25) is 0 Å². The molecule has 0 spiro atoms. The lowest BCUT2D eigenvalue weighted by atomic mass is 9.99. The Morgan fingerprint density at radius 2 is 2.24 bits per heavy atom. The van der Waals surface area contributed by atoms with Gasteiger partial charge in [-0.1, -0.05) is 6.92 Å². The summed E-state index contributed by atoms with van der Waals surface area (Å²) in [6, 6.07) is 2.23. The molecule has 0 radical (unpaired) electrons. The Hall–Kier alpha value is -0.590. The highest BCUT2D eigenvalue weighted by Crippen LogP contribution is 2.12. The zero-order chi connectivity index (χ0) is 12.3. The van der Waals surface area contributed by atoms with E-state index in [1.807, 2.05) is 0 Å². The maximum absolute atomic E-state index is 8.52. The molecule has 17 heavy (non-hydrogen) atoms. The molecule has 0 aromatic rings. The second-order valence-corrected chi connectivity index (χ2v) is 5.13. The van der Waals surface area contributed by atoms with E-state index >= 15 is 0 Å². The van der Waals surface area contributed by atoms with Crippen LogP contribution in [0.25, 0.3) is 0 Å². The van der Waals surface area contributed by atoms with Crippen LogP contribution in [0.4, 0.5) is 0 Å². The van der Waals surface area contributed by atoms with E-state index in [1.165, 1.54) is 58.4 Å². The van der Waals surface area contributed by atoms with Crippen LogP contribution in [-0.2, 0) is 0 Å². The Labute approximate surface area is 106 Å². The first-order chi connectivity index (χ1) is 8.36. The smallest absolute Gasteiger partial charge is 0.0621 e. The quantitative estimate of drug-likeness (QED) is 0.659. The highest BCUT2D eigenvalue weighted by atomic mass is 15.1. The van der Waals surface area contributed by atoms with E-state index in [9.17, 15) is 0 Å². The molecule has 1 atom stereocenters. The number of nitrogens with one attached hydrogen (secondary N) is 1. The average molecular weight is 237 g/mol. The molecule has 3 nitrogen and oxygen atoms in total. The zero-order valence-corrected chi connectivity index (χ0v) is 11.2. The molecular weight excluding hydrogens is 210 g/mol. The van der Waals surface area contributed by atoms with E-state index < -0.39 is 0 Å². The molecule has 0 amide bonds. The Bertz CT molecular complexity index is 216. The summed E-state index contributed by atoms with van der Waals surface area (Å²) in [5, 5.41) is 12.0. The number of hydrogen-bond acceptors (Lipinski definition) is 3. The van der Waals surface area contributed by atoms with Crippen molar-refractivity contribution in [2.24, 2.45) is 5.92 Å². The lowest BCUT2D eigenvalue weighted by molar-refractivity contribution is 0.205. The van der Waals surface area contributed by atoms with Crippen molar-refractivity contribution in [1.29, 1.82) is 5.26 Å². The lowest BCUT2D eigenvalue weighted by Gasteiger charge is -2.30. The SMILES string of the molecule is CCCN(CCCCC#N)CC1CCCNC1. The van der Waals surface area contributed by atoms with Crippen LogP contribution in [0, 0.1) is 17.2 Å². The number of unbranched alkanes of at least 4 members (excludes halogenated alkanes) is 2. The normalized spacial score (nSPS) is 20.4. The summed E-state index contributed by atoms with van der Waals surface area (Å²) in [5.41, 5.74) is 0. The monoisotopic (exact) mass is 237 g/mol. The van der Waals surface area contributed by atoms with Crippen molar-refractivity contribution in [1.82, 2.24) is 10.2 Å². The summed E-state index contributed by atoms with van der Waals surface area (Å²) < 4.78 is 0. The van der Waals surface area contributed by atoms with Gasteiger partial charge in [0.1, 0.15) is 0 Å². The van der Waals surface area contributed by atoms with Crippen molar-refractivity contribution in [3.63, 3.8) is 0 Å². The molecule has 98 valence electrons. The Balaban J connectivity index is 2.19. The van der Waals surface area contributed by atoms with Gasteiger partial charge in [-0.05, 0) is 64.2 Å². The minimum absolute atomic E-state index is 0.713. The molecule has 1 aliphatic heterocycles. The molecule has 1 fully saturated rings. The highest BCUT2D eigenvalue weighted by molar-refractivity contribution is 4.74. The van der Waals surface area contributed by atoms with E-state index in [2.05, 4.69) is 23.2 Å². The number of rotatable bonds is 8. The minimum Gasteiger partial charge on any atom is -0.316 e. The largest absolute Gasteiger partial charge is 0.316 e. The van der Waals surface area contributed by atoms with E-state index in [0.29, 0.717) is 6.42 Å². The van der Waals surface area contributed by atoms with Crippen LogP contribution >= 0.6 is 0 Å². The number of hydrogen-bond donors (Lipinski definition) is 1. The summed E-state index contributed by atoms with van der Waals surface area (Å²) in [5.74, 6) is 0.839. The first kappa shape index (κ1) is 14.5. The second-order valence-electron chi connectivity index (χ2n) is 5.13. The van der Waals surface area contributed by atoms with Gasteiger partial charge in [0.15, 0.2) is 0 Å². The molecule has 0 aliphatic carbocycles. The second kappa shape index (κ2) is 9.44. The van der Waals surface area contributed by atoms with Gasteiger partial charge in [-0.15, -0.1) is 0 Å². The minimum atomic E-state index is 0.713. The summed E-state index contributed by atoms with van der Waals surface area (Å²) in [4.78, 5) is 2.59. The van der Waals surface area contributed by atoms with Gasteiger partial charge < -0.3 is 10.2 Å². The van der Waals surface area contributed by atoms with Crippen LogP contribution in [0.5, 0.6) is 0 Å². The fraction of sp³-hybridized carbons (Fsp3) is 0.929. The van der Waals surface area contributed by atoms with Gasteiger partial charge >= 0.3 is 0 Å². The van der Waals surface area contributed by atoms with Crippen LogP contribution in [0.2, 0.25) is 0 Å². The number of nitriles is 1. The molecule has 0 saturated carbocycles. The Morgan fingerprint density at radius 3 is 2.88 bits per heavy atom. The first-order valence-corrected chi connectivity index (χ1v) is 7.16. The summed E-state index contributed by atoms with van der Waals surface area (Å²) in [6.45, 7) is 8.27. The molecule has 0 aromatic heterocycles. The van der Waals surface area contributed by atoms with E-state index in [-0.39, 0.29) is 0 Å². The van der Waals surface area contributed by atoms with Crippen LogP contribution in [0.1, 0.15) is 45.4 Å². The van der Waals surface area contributed by atoms with Crippen molar-refractivity contribution in [2.75, 3.05) is 32.7 Å². The fourth-order valence-corrected chi connectivity index (χ4v) is 2.60. The molecule has 1 rings (SSSR count). The molecule has 1 N–H and O–H groups in total. The van der Waals surface area contributed by atoms with Crippen molar-refractivity contribution in [3.05, 3.63) is 0 Å². The lowest BCUT2D eigenvalue weighted by Crippen LogP contribution is -2.39. The summed E-state index contributed by atoms with van der Waals surface area (Å²) in [6.07, 6.45) is 6.89. The first-order valence-electron chi connectivity index (χ1n) is 7.16. The van der Waals surface area contributed by atoms with E-state index in [0.717, 1.165) is 12.3 Å². The molecule has 1 heterocycles. The van der Waals surface area contributed by atoms with Gasteiger partial charge in [-0.2, -0.15) is 5.26 Å². The molecule has 1 unspecified atom stereocenters. The average Bonchev–Trinajstić information content (AvgIpc) is 2.36. The molecule has 0 bridgehead atoms. The number of piperidine rings is 1. The molecular formula is C14H27N3. The van der Waals surface area contributed by atoms with Gasteiger partial charge in [0.2, 0.25) is 0 Å². The van der Waals surface area contributed by atoms with Crippen molar-refractivity contribution in [2.45, 2.75) is 45.4 Å². The van der Waals surface area contributed by atoms with Crippen molar-refractivity contribution in [3.8, 4) is 6.07 Å².